The summed E-state index contributed by atoms with van der Waals surface area (Å²) < 4.78 is 34.8. The highest BCUT2D eigenvalue weighted by Gasteiger charge is 2.27. The Hall–Kier alpha value is -5.93. The van der Waals surface area contributed by atoms with E-state index >= 15 is 0 Å². The van der Waals surface area contributed by atoms with E-state index in [1.54, 1.807) is 0 Å². The number of hydrogen-bond donors (Lipinski definition) is 1. The monoisotopic (exact) mass is 1450 g/mol. The van der Waals surface area contributed by atoms with E-state index in [1.165, 1.54) is 96.3 Å². The topological polar surface area (TPSA) is 108 Å². The van der Waals surface area contributed by atoms with Crippen LogP contribution in [0.4, 0.5) is 0 Å². The van der Waals surface area contributed by atoms with E-state index in [4.69, 9.17) is 18.5 Å². The van der Waals surface area contributed by atoms with Gasteiger partial charge in [-0.1, -0.05) is 354 Å². The van der Waals surface area contributed by atoms with E-state index < -0.39 is 26.5 Å². The van der Waals surface area contributed by atoms with Crippen LogP contribution in [0.25, 0.3) is 0 Å². The molecular formula is C94H151NO8P+. The number of unbranched alkanes of at least 4 members (excludes halogenated alkanes) is 21. The highest BCUT2D eigenvalue weighted by molar-refractivity contribution is 7.47. The minimum atomic E-state index is -4.42. The Balaban J connectivity index is 4.08. The number of phosphoric acid groups is 1. The minimum absolute atomic E-state index is 0.0191. The molecule has 0 spiro atoms. The summed E-state index contributed by atoms with van der Waals surface area (Å²) in [6, 6.07) is 0. The maximum atomic E-state index is 12.9. The zero-order chi connectivity index (χ0) is 75.4. The summed E-state index contributed by atoms with van der Waals surface area (Å²) in [5.41, 5.74) is 0. The quantitative estimate of drug-likeness (QED) is 0.0211. The number of quaternary nitrogens is 1. The third-order valence-electron chi connectivity index (χ3n) is 16.7. The van der Waals surface area contributed by atoms with Crippen molar-refractivity contribution in [1.29, 1.82) is 0 Å². The lowest BCUT2D eigenvalue weighted by atomic mass is 10.0. The molecule has 0 rings (SSSR count). The first-order chi connectivity index (χ1) is 51.0. The molecule has 0 aromatic rings. The van der Waals surface area contributed by atoms with Crippen LogP contribution in [0.15, 0.2) is 231 Å². The number of likely N-dealkylation sites (N-methyl/N-ethyl adjacent to an activating group) is 1. The van der Waals surface area contributed by atoms with Gasteiger partial charge in [0, 0.05) is 12.8 Å². The van der Waals surface area contributed by atoms with Gasteiger partial charge in [0.05, 0.1) is 27.7 Å². The highest BCUT2D eigenvalue weighted by Crippen LogP contribution is 2.43. The first-order valence-corrected chi connectivity index (χ1v) is 42.6. The molecule has 9 nitrogen and oxygen atoms in total. The Morgan fingerprint density at radius 2 is 0.519 bits per heavy atom. The average Bonchev–Trinajstić information content (AvgIpc) is 0.915. The van der Waals surface area contributed by atoms with E-state index in [9.17, 15) is 19.0 Å². The van der Waals surface area contributed by atoms with Gasteiger partial charge in [-0.05, 0) is 161 Å². The van der Waals surface area contributed by atoms with Gasteiger partial charge in [0.1, 0.15) is 19.8 Å². The van der Waals surface area contributed by atoms with Gasteiger partial charge in [0.2, 0.25) is 0 Å². The first kappa shape index (κ1) is 98.1. The van der Waals surface area contributed by atoms with Crippen molar-refractivity contribution in [3.8, 4) is 0 Å². The van der Waals surface area contributed by atoms with Crippen molar-refractivity contribution in [1.82, 2.24) is 0 Å². The average molecular weight is 1450 g/mol. The van der Waals surface area contributed by atoms with Crippen LogP contribution in [-0.4, -0.2) is 74.9 Å². The van der Waals surface area contributed by atoms with Crippen LogP contribution >= 0.6 is 7.82 Å². The predicted octanol–water partition coefficient (Wildman–Crippen LogP) is 28.1. The normalized spacial score (nSPS) is 14.2. The molecular weight excluding hydrogens is 1300 g/mol. The standard InChI is InChI=1S/C94H150NO8P/c1-6-8-10-12-14-16-18-20-22-24-26-28-30-32-34-36-38-40-42-44-46-47-49-50-52-54-56-58-60-62-64-66-68-70-72-74-76-78-80-82-84-86-93(96)100-90-92(91-102-104(98,99)101-89-88-95(3,4)5)103-94(97)87-85-83-81-79-77-75-73-71-69-67-65-63-61-59-57-55-53-51-48-45-43-41-39-37-35-33-31-29-27-25-23-21-19-17-15-13-11-9-7-2/h8-11,14-17,20-23,26-29,32-35,38-41,44-46,48-50,53-56,59,61,65,67,92H,6-7,12-13,18-19,24-25,30-31,36-37,42-43,47,51-52,57-58,60,62-64,66,68-91H2,1-5H3/p+1/b10-8-,11-9-,16-14-,17-15-,22-20-,23-21-,28-26-,29-27-,34-32-,35-33-,40-38-,41-39-,46-44-,48-45-,50-49-,55-53-,56-54-,61-59-,67-65-. The number of carbonyl (C=O) groups excluding carboxylic acids is 2. The number of hydrogen-bond acceptors (Lipinski definition) is 7. The Morgan fingerprint density at radius 3 is 0.769 bits per heavy atom. The second-order valence-electron chi connectivity index (χ2n) is 27.7. The van der Waals surface area contributed by atoms with Gasteiger partial charge >= 0.3 is 19.8 Å². The Kier molecular flexibility index (Phi) is 76.5. The van der Waals surface area contributed by atoms with Crippen molar-refractivity contribution in [3.63, 3.8) is 0 Å². The van der Waals surface area contributed by atoms with Crippen LogP contribution in [-0.2, 0) is 32.7 Å². The van der Waals surface area contributed by atoms with Gasteiger partial charge in [-0.3, -0.25) is 18.6 Å². The molecule has 0 radical (unpaired) electrons. The lowest BCUT2D eigenvalue weighted by Gasteiger charge is -2.24. The zero-order valence-corrected chi connectivity index (χ0v) is 67.6. The van der Waals surface area contributed by atoms with Crippen LogP contribution < -0.4 is 0 Å². The number of nitrogens with zero attached hydrogens (tertiary/aromatic N) is 1. The van der Waals surface area contributed by atoms with Crippen LogP contribution in [0.2, 0.25) is 0 Å². The van der Waals surface area contributed by atoms with Crippen LogP contribution in [0.1, 0.15) is 296 Å². The first-order valence-electron chi connectivity index (χ1n) is 41.1. The van der Waals surface area contributed by atoms with Gasteiger partial charge in [-0.25, -0.2) is 4.57 Å². The molecule has 1 N–H and O–H groups in total. The fourth-order valence-corrected chi connectivity index (χ4v) is 11.2. The molecule has 10 heteroatoms. The minimum Gasteiger partial charge on any atom is -0.462 e. The number of ether oxygens (including phenoxy) is 2. The molecule has 0 aliphatic rings. The molecule has 0 aromatic heterocycles. The second kappa shape index (κ2) is 81.2. The van der Waals surface area contributed by atoms with Crippen molar-refractivity contribution in [2.45, 2.75) is 302 Å². The van der Waals surface area contributed by atoms with Gasteiger partial charge in [-0.15, -0.1) is 0 Å². The molecule has 0 bridgehead atoms. The predicted molar refractivity (Wildman–Crippen MR) is 454 cm³/mol. The SMILES string of the molecule is CC/C=C\C/C=C\C/C=C\C/C=C\C/C=C\C/C=C\C/C=C\C/C=C\C/C=C\C/C=C\CCCCCCCCCCC(=O)OC(COC(=O)CCCCCCCCCCCCCCC/C=C\C/C=C\C/C=C\C/C=C\C/C=C\C/C=C\C/C=C\C/C=C\C/C=C\CC)COP(=O)(O)OCC[N+](C)(C)C. The molecule has 0 aliphatic heterocycles. The Bertz CT molecular complexity index is 2620. The van der Waals surface area contributed by atoms with Crippen LogP contribution in [0.3, 0.4) is 0 Å². The summed E-state index contributed by atoms with van der Waals surface area (Å²) in [7, 11) is 1.45. The second-order valence-corrected chi connectivity index (χ2v) is 29.1. The molecule has 0 aliphatic carbocycles. The smallest absolute Gasteiger partial charge is 0.462 e. The van der Waals surface area contributed by atoms with E-state index in [0.29, 0.717) is 17.4 Å². The molecule has 584 valence electrons. The molecule has 104 heavy (non-hydrogen) atoms. The fraction of sp³-hybridized carbons (Fsp3) is 0.574. The van der Waals surface area contributed by atoms with Crippen molar-refractivity contribution in [2.75, 3.05) is 47.5 Å². The summed E-state index contributed by atoms with van der Waals surface area (Å²) in [6.45, 7) is 4.18. The molecule has 0 heterocycles. The van der Waals surface area contributed by atoms with E-state index in [0.717, 1.165) is 167 Å². The number of rotatable bonds is 73. The van der Waals surface area contributed by atoms with Gasteiger partial charge in [0.15, 0.2) is 6.10 Å². The van der Waals surface area contributed by atoms with E-state index in [2.05, 4.69) is 245 Å². The Labute approximate surface area is 639 Å². The largest absolute Gasteiger partial charge is 0.472 e. The van der Waals surface area contributed by atoms with Gasteiger partial charge in [-0.2, -0.15) is 0 Å². The summed E-state index contributed by atoms with van der Waals surface area (Å²) in [5.74, 6) is -0.818. The van der Waals surface area contributed by atoms with Crippen molar-refractivity contribution < 1.29 is 42.1 Å². The third kappa shape index (κ3) is 85.0. The van der Waals surface area contributed by atoms with Crippen LogP contribution in [0, 0.1) is 0 Å². The number of esters is 2. The summed E-state index contributed by atoms with van der Waals surface area (Å²) in [4.78, 5) is 36.0. The van der Waals surface area contributed by atoms with Crippen molar-refractivity contribution in [3.05, 3.63) is 231 Å². The zero-order valence-electron chi connectivity index (χ0n) is 66.7. The molecule has 0 aromatic carbocycles. The maximum Gasteiger partial charge on any atom is 0.472 e. The number of phosphoric ester groups is 1. The molecule has 0 saturated heterocycles. The van der Waals surface area contributed by atoms with E-state index in [-0.39, 0.29) is 32.0 Å². The number of carbonyl (C=O) groups is 2. The lowest BCUT2D eigenvalue weighted by Crippen LogP contribution is -2.37. The molecule has 0 amide bonds. The fourth-order valence-electron chi connectivity index (χ4n) is 10.5. The highest BCUT2D eigenvalue weighted by atomic mass is 31.2. The molecule has 2 atom stereocenters. The van der Waals surface area contributed by atoms with Gasteiger partial charge < -0.3 is 18.9 Å². The molecule has 2 unspecified atom stereocenters. The van der Waals surface area contributed by atoms with Crippen LogP contribution in [0.5, 0.6) is 0 Å². The third-order valence-corrected chi connectivity index (χ3v) is 17.7. The summed E-state index contributed by atoms with van der Waals surface area (Å²) in [6.07, 6.45) is 130. The van der Waals surface area contributed by atoms with Crippen molar-refractivity contribution in [2.24, 2.45) is 0 Å². The lowest BCUT2D eigenvalue weighted by molar-refractivity contribution is -0.870. The summed E-state index contributed by atoms with van der Waals surface area (Å²) in [5, 5.41) is 0. The van der Waals surface area contributed by atoms with E-state index in [1.807, 2.05) is 21.1 Å². The van der Waals surface area contributed by atoms with Gasteiger partial charge in [0.25, 0.3) is 0 Å². The summed E-state index contributed by atoms with van der Waals surface area (Å²) >= 11 is 0. The Morgan fingerprint density at radius 1 is 0.298 bits per heavy atom. The maximum absolute atomic E-state index is 12.9. The molecule has 0 fully saturated rings. The van der Waals surface area contributed by atoms with Crippen molar-refractivity contribution >= 4 is 19.8 Å². The number of allylic oxidation sites excluding steroid dienone is 38. The molecule has 0 saturated carbocycles.